The number of pyridine rings is 1. The molecule has 0 spiro atoms. The van der Waals surface area contributed by atoms with E-state index in [1.807, 2.05) is 0 Å². The molecule has 1 amide bonds. The number of ether oxygens (including phenoxy) is 1. The minimum absolute atomic E-state index is 0.0575. The topological polar surface area (TPSA) is 90.5 Å². The van der Waals surface area contributed by atoms with Crippen LogP contribution in [-0.2, 0) is 11.3 Å². The van der Waals surface area contributed by atoms with E-state index < -0.39 is 5.82 Å². The Morgan fingerprint density at radius 2 is 2.17 bits per heavy atom. The van der Waals surface area contributed by atoms with Gasteiger partial charge in [-0.15, -0.1) is 16.4 Å². The third-order valence-electron chi connectivity index (χ3n) is 4.23. The number of aryl methyl sites for hydroxylation is 1. The molecule has 0 atom stereocenters. The number of nitrogens with zero attached hydrogens (tertiary/aromatic N) is 4. The van der Waals surface area contributed by atoms with Crippen molar-refractivity contribution in [2.75, 3.05) is 12.4 Å². The van der Waals surface area contributed by atoms with Gasteiger partial charge in [0.1, 0.15) is 11.6 Å². The zero-order valence-corrected chi connectivity index (χ0v) is 16.1. The molecule has 3 heterocycles. The number of carbonyl (C=O) groups excluding carboxylic acids is 1. The van der Waals surface area contributed by atoms with E-state index in [4.69, 9.17) is 4.74 Å². The smallest absolute Gasteiger partial charge is 0.350 e. The van der Waals surface area contributed by atoms with E-state index in [2.05, 4.69) is 15.4 Å². The first-order valence-corrected chi connectivity index (χ1v) is 9.56. The van der Waals surface area contributed by atoms with Crippen molar-refractivity contribution in [2.45, 2.75) is 13.0 Å². The van der Waals surface area contributed by atoms with E-state index in [1.165, 1.54) is 45.7 Å². The first-order valence-electron chi connectivity index (χ1n) is 8.68. The molecular weight excluding hydrogens is 397 g/mol. The van der Waals surface area contributed by atoms with Gasteiger partial charge in [0.15, 0.2) is 10.8 Å². The van der Waals surface area contributed by atoms with Gasteiger partial charge in [-0.2, -0.15) is 0 Å². The molecule has 1 N–H and O–H groups in total. The molecule has 1 aromatic carbocycles. The number of thiazole rings is 1. The van der Waals surface area contributed by atoms with E-state index in [1.54, 1.807) is 29.8 Å². The molecule has 3 aromatic heterocycles. The number of benzene rings is 1. The molecule has 10 heteroatoms. The van der Waals surface area contributed by atoms with Gasteiger partial charge in [-0.1, -0.05) is 6.07 Å². The highest BCUT2D eigenvalue weighted by Crippen LogP contribution is 2.32. The minimum Gasteiger partial charge on any atom is -0.496 e. The molecule has 0 unspecified atom stereocenters. The fraction of sp³-hybridized carbons (Fsp3) is 0.158. The third kappa shape index (κ3) is 3.87. The Morgan fingerprint density at radius 3 is 2.97 bits per heavy atom. The normalized spacial score (nSPS) is 11.0. The largest absolute Gasteiger partial charge is 0.496 e. The highest BCUT2D eigenvalue weighted by atomic mass is 32.1. The maximum atomic E-state index is 13.6. The number of carbonyl (C=O) groups is 1. The van der Waals surface area contributed by atoms with E-state index in [0.29, 0.717) is 27.8 Å². The van der Waals surface area contributed by atoms with Crippen LogP contribution in [0.15, 0.2) is 52.8 Å². The summed E-state index contributed by atoms with van der Waals surface area (Å²) in [6.07, 6.45) is 1.68. The summed E-state index contributed by atoms with van der Waals surface area (Å²) in [4.78, 5) is 28.8. The number of rotatable bonds is 6. The number of nitrogens with one attached hydrogen (secondary N) is 1. The van der Waals surface area contributed by atoms with Crippen LogP contribution in [0, 0.1) is 5.82 Å². The maximum Gasteiger partial charge on any atom is 0.350 e. The van der Waals surface area contributed by atoms with Crippen molar-refractivity contribution in [1.29, 1.82) is 0 Å². The van der Waals surface area contributed by atoms with Crippen molar-refractivity contribution in [2.24, 2.45) is 0 Å². The Labute approximate surface area is 168 Å². The SMILES string of the molecule is COc1ccc(F)cc1-c1csc(NC(=O)CCn2nc3ccccn3c2=O)n1. The van der Waals surface area contributed by atoms with Crippen LogP contribution in [0.25, 0.3) is 16.9 Å². The number of hydrogen-bond acceptors (Lipinski definition) is 6. The number of amides is 1. The molecular formula is C19H16FN5O3S. The Hall–Kier alpha value is -3.53. The number of fused-ring (bicyclic) bond motifs is 1. The Balaban J connectivity index is 1.44. The van der Waals surface area contributed by atoms with Gasteiger partial charge in [-0.05, 0) is 30.3 Å². The number of methoxy groups -OCH3 is 1. The lowest BCUT2D eigenvalue weighted by atomic mass is 10.1. The van der Waals surface area contributed by atoms with Gasteiger partial charge in [0.05, 0.1) is 19.3 Å². The number of halogens is 1. The third-order valence-corrected chi connectivity index (χ3v) is 4.98. The van der Waals surface area contributed by atoms with Gasteiger partial charge in [0, 0.05) is 23.6 Å². The number of hydrogen-bond donors (Lipinski definition) is 1. The van der Waals surface area contributed by atoms with Crippen LogP contribution in [0.4, 0.5) is 9.52 Å². The molecule has 0 radical (unpaired) electrons. The molecule has 8 nitrogen and oxygen atoms in total. The molecule has 0 aliphatic heterocycles. The molecule has 0 aliphatic rings. The molecule has 0 saturated heterocycles. The number of aromatic nitrogens is 4. The Morgan fingerprint density at radius 1 is 1.31 bits per heavy atom. The molecule has 0 saturated carbocycles. The van der Waals surface area contributed by atoms with E-state index in [0.717, 1.165) is 0 Å². The molecule has 4 rings (SSSR count). The first kappa shape index (κ1) is 18.8. The summed E-state index contributed by atoms with van der Waals surface area (Å²) < 4.78 is 21.5. The summed E-state index contributed by atoms with van der Waals surface area (Å²) in [5.41, 5.74) is 1.22. The summed E-state index contributed by atoms with van der Waals surface area (Å²) in [5, 5.41) is 8.96. The quantitative estimate of drug-likeness (QED) is 0.525. The molecule has 4 aromatic rings. The second-order valence-electron chi connectivity index (χ2n) is 6.12. The molecule has 0 fully saturated rings. The highest BCUT2D eigenvalue weighted by molar-refractivity contribution is 7.14. The predicted molar refractivity (Wildman–Crippen MR) is 107 cm³/mol. The fourth-order valence-electron chi connectivity index (χ4n) is 2.84. The summed E-state index contributed by atoms with van der Waals surface area (Å²) in [7, 11) is 1.49. The van der Waals surface area contributed by atoms with Crippen LogP contribution in [0.2, 0.25) is 0 Å². The van der Waals surface area contributed by atoms with Crippen molar-refractivity contribution in [1.82, 2.24) is 19.2 Å². The zero-order chi connectivity index (χ0) is 20.4. The average molecular weight is 413 g/mol. The van der Waals surface area contributed by atoms with Gasteiger partial charge in [-0.3, -0.25) is 9.20 Å². The van der Waals surface area contributed by atoms with Crippen molar-refractivity contribution in [3.63, 3.8) is 0 Å². The van der Waals surface area contributed by atoms with Crippen molar-refractivity contribution < 1.29 is 13.9 Å². The monoisotopic (exact) mass is 413 g/mol. The lowest BCUT2D eigenvalue weighted by Gasteiger charge is -2.06. The van der Waals surface area contributed by atoms with Crippen LogP contribution in [0.1, 0.15) is 6.42 Å². The number of anilines is 1. The lowest BCUT2D eigenvalue weighted by molar-refractivity contribution is -0.116. The van der Waals surface area contributed by atoms with Crippen LogP contribution in [-0.4, -0.2) is 32.2 Å². The zero-order valence-electron chi connectivity index (χ0n) is 15.3. The minimum atomic E-state index is -0.405. The van der Waals surface area contributed by atoms with Gasteiger partial charge in [-0.25, -0.2) is 18.9 Å². The van der Waals surface area contributed by atoms with E-state index in [-0.39, 0.29) is 24.6 Å². The lowest BCUT2D eigenvalue weighted by Crippen LogP contribution is -2.24. The molecule has 148 valence electrons. The second-order valence-corrected chi connectivity index (χ2v) is 6.97. The molecule has 29 heavy (non-hydrogen) atoms. The van der Waals surface area contributed by atoms with Gasteiger partial charge < -0.3 is 10.1 Å². The van der Waals surface area contributed by atoms with Gasteiger partial charge >= 0.3 is 5.69 Å². The summed E-state index contributed by atoms with van der Waals surface area (Å²) in [6, 6.07) is 9.39. The van der Waals surface area contributed by atoms with Crippen LogP contribution < -0.4 is 15.7 Å². The van der Waals surface area contributed by atoms with Crippen LogP contribution in [0.3, 0.4) is 0 Å². The van der Waals surface area contributed by atoms with Crippen molar-refractivity contribution in [3.05, 3.63) is 64.3 Å². The first-order chi connectivity index (χ1) is 14.0. The van der Waals surface area contributed by atoms with E-state index >= 15 is 0 Å². The van der Waals surface area contributed by atoms with Gasteiger partial charge in [0.25, 0.3) is 0 Å². The standard InChI is InChI=1S/C19H16FN5O3S/c1-28-15-6-5-12(20)10-13(15)14-11-29-18(21-14)22-17(26)7-9-25-19(27)24-8-3-2-4-16(24)23-25/h2-6,8,10-11H,7,9H2,1H3,(H,21,22,26). The Kier molecular flexibility index (Phi) is 5.09. The molecule has 0 bridgehead atoms. The van der Waals surface area contributed by atoms with Crippen LogP contribution in [0.5, 0.6) is 5.75 Å². The fourth-order valence-corrected chi connectivity index (χ4v) is 3.56. The van der Waals surface area contributed by atoms with E-state index in [9.17, 15) is 14.0 Å². The van der Waals surface area contributed by atoms with Crippen molar-refractivity contribution >= 4 is 28.0 Å². The highest BCUT2D eigenvalue weighted by Gasteiger charge is 2.14. The summed E-state index contributed by atoms with van der Waals surface area (Å²) >= 11 is 1.22. The molecule has 0 aliphatic carbocycles. The second kappa shape index (κ2) is 7.84. The average Bonchev–Trinajstić information content (AvgIpc) is 3.31. The Bertz CT molecular complexity index is 1250. The van der Waals surface area contributed by atoms with Gasteiger partial charge in [0.2, 0.25) is 5.91 Å². The van der Waals surface area contributed by atoms with Crippen molar-refractivity contribution in [3.8, 4) is 17.0 Å². The van der Waals surface area contributed by atoms with Crippen LogP contribution >= 0.6 is 11.3 Å². The maximum absolute atomic E-state index is 13.6. The summed E-state index contributed by atoms with van der Waals surface area (Å²) in [6.45, 7) is 0.141. The predicted octanol–water partition coefficient (Wildman–Crippen LogP) is 2.80. The summed E-state index contributed by atoms with van der Waals surface area (Å²) in [5.74, 6) is -0.223.